The van der Waals surface area contributed by atoms with Gasteiger partial charge in [0.05, 0.1) is 11.6 Å². The second-order valence-corrected chi connectivity index (χ2v) is 2.54. The number of carbonyl (C=O) groups is 1. The van der Waals surface area contributed by atoms with Crippen LogP contribution in [0, 0.1) is 11.3 Å². The molecular weight excluding hydrogens is 178 g/mol. The number of nitriles is 1. The summed E-state index contributed by atoms with van der Waals surface area (Å²) in [7, 11) is 0. The van der Waals surface area contributed by atoms with Crippen molar-refractivity contribution in [1.82, 2.24) is 10.3 Å². The molecule has 0 fully saturated rings. The largest absolute Gasteiger partial charge is 0.347 e. The normalized spacial score (nSPS) is 8.79. The van der Waals surface area contributed by atoms with Crippen LogP contribution in [0.3, 0.4) is 0 Å². The van der Waals surface area contributed by atoms with E-state index in [9.17, 15) is 4.79 Å². The molecule has 1 aromatic heterocycles. The van der Waals surface area contributed by atoms with E-state index >= 15 is 0 Å². The highest BCUT2D eigenvalue weighted by Gasteiger charge is 2.05. The molecule has 0 atom stereocenters. The third-order valence-corrected chi connectivity index (χ3v) is 1.53. The molecule has 0 radical (unpaired) electrons. The molecule has 0 saturated heterocycles. The van der Waals surface area contributed by atoms with Crippen LogP contribution in [0.1, 0.15) is 16.1 Å². The fraction of sp³-hybridized carbons (Fsp3) is 0.100. The SMILES string of the molecule is C=CCNC(=O)c1cc(C#N)ccn1. The fourth-order valence-corrected chi connectivity index (χ4v) is 0.880. The monoisotopic (exact) mass is 187 g/mol. The Morgan fingerprint density at radius 1 is 1.79 bits per heavy atom. The summed E-state index contributed by atoms with van der Waals surface area (Å²) in [5.41, 5.74) is 0.662. The van der Waals surface area contributed by atoms with E-state index in [0.717, 1.165) is 0 Å². The summed E-state index contributed by atoms with van der Waals surface area (Å²) < 4.78 is 0. The van der Waals surface area contributed by atoms with Crippen molar-refractivity contribution in [3.8, 4) is 6.07 Å². The van der Waals surface area contributed by atoms with Gasteiger partial charge in [0.2, 0.25) is 0 Å². The number of carbonyl (C=O) groups excluding carboxylic acids is 1. The quantitative estimate of drug-likeness (QED) is 0.714. The molecule has 0 spiro atoms. The van der Waals surface area contributed by atoms with Gasteiger partial charge < -0.3 is 5.32 Å². The van der Waals surface area contributed by atoms with Crippen molar-refractivity contribution in [1.29, 1.82) is 5.26 Å². The molecule has 0 saturated carbocycles. The smallest absolute Gasteiger partial charge is 0.270 e. The van der Waals surface area contributed by atoms with E-state index in [4.69, 9.17) is 5.26 Å². The van der Waals surface area contributed by atoms with E-state index in [-0.39, 0.29) is 11.6 Å². The van der Waals surface area contributed by atoms with Crippen molar-refractivity contribution in [2.75, 3.05) is 6.54 Å². The molecule has 1 heterocycles. The first-order valence-electron chi connectivity index (χ1n) is 4.03. The number of amides is 1. The lowest BCUT2D eigenvalue weighted by Gasteiger charge is -2.00. The number of nitrogens with one attached hydrogen (secondary N) is 1. The standard InChI is InChI=1S/C10H9N3O/c1-2-4-13-10(14)9-6-8(7-11)3-5-12-9/h2-3,5-6H,1,4H2,(H,13,14). The van der Waals surface area contributed by atoms with E-state index in [0.29, 0.717) is 12.1 Å². The van der Waals surface area contributed by atoms with Crippen molar-refractivity contribution >= 4 is 5.91 Å². The average Bonchev–Trinajstić information content (AvgIpc) is 2.26. The maximum atomic E-state index is 11.3. The summed E-state index contributed by atoms with van der Waals surface area (Å²) in [6.45, 7) is 3.86. The molecule has 0 aliphatic carbocycles. The van der Waals surface area contributed by atoms with Gasteiger partial charge in [-0.25, -0.2) is 0 Å². The maximum Gasteiger partial charge on any atom is 0.270 e. The number of hydrogen-bond acceptors (Lipinski definition) is 3. The number of pyridine rings is 1. The molecule has 1 N–H and O–H groups in total. The van der Waals surface area contributed by atoms with Crippen LogP contribution >= 0.6 is 0 Å². The van der Waals surface area contributed by atoms with Crippen molar-refractivity contribution in [3.05, 3.63) is 42.2 Å². The van der Waals surface area contributed by atoms with Crippen molar-refractivity contribution in [2.45, 2.75) is 0 Å². The lowest BCUT2D eigenvalue weighted by Crippen LogP contribution is -2.24. The minimum absolute atomic E-state index is 0.242. The first-order chi connectivity index (χ1) is 6.77. The third-order valence-electron chi connectivity index (χ3n) is 1.53. The summed E-state index contributed by atoms with van der Waals surface area (Å²) in [4.78, 5) is 15.2. The topological polar surface area (TPSA) is 65.8 Å². The molecule has 4 nitrogen and oxygen atoms in total. The molecule has 0 unspecified atom stereocenters. The van der Waals surface area contributed by atoms with E-state index in [1.165, 1.54) is 12.3 Å². The minimum Gasteiger partial charge on any atom is -0.347 e. The summed E-state index contributed by atoms with van der Waals surface area (Å²) in [6, 6.07) is 4.93. The summed E-state index contributed by atoms with van der Waals surface area (Å²) in [5.74, 6) is -0.304. The Labute approximate surface area is 81.9 Å². The Morgan fingerprint density at radius 3 is 3.21 bits per heavy atom. The number of rotatable bonds is 3. The van der Waals surface area contributed by atoms with Gasteiger partial charge in [-0.2, -0.15) is 5.26 Å². The molecule has 14 heavy (non-hydrogen) atoms. The zero-order chi connectivity index (χ0) is 10.4. The second-order valence-electron chi connectivity index (χ2n) is 2.54. The van der Waals surface area contributed by atoms with E-state index < -0.39 is 0 Å². The van der Waals surface area contributed by atoms with Gasteiger partial charge in [0.25, 0.3) is 5.91 Å². The van der Waals surface area contributed by atoms with Gasteiger partial charge in [0, 0.05) is 12.7 Å². The molecule has 4 heteroatoms. The zero-order valence-corrected chi connectivity index (χ0v) is 7.53. The number of aromatic nitrogens is 1. The van der Waals surface area contributed by atoms with Crippen LogP contribution in [0.5, 0.6) is 0 Å². The maximum absolute atomic E-state index is 11.3. The lowest BCUT2D eigenvalue weighted by molar-refractivity contribution is 0.0953. The first-order valence-corrected chi connectivity index (χ1v) is 4.03. The summed E-state index contributed by atoms with van der Waals surface area (Å²) >= 11 is 0. The van der Waals surface area contributed by atoms with Crippen molar-refractivity contribution in [2.24, 2.45) is 0 Å². The fourth-order valence-electron chi connectivity index (χ4n) is 0.880. The lowest BCUT2D eigenvalue weighted by atomic mass is 10.2. The van der Waals surface area contributed by atoms with Gasteiger partial charge in [-0.05, 0) is 12.1 Å². The van der Waals surface area contributed by atoms with Gasteiger partial charge in [0.1, 0.15) is 5.69 Å². The molecule has 1 aromatic rings. The Bertz CT molecular complexity index is 393. The Morgan fingerprint density at radius 2 is 2.57 bits per heavy atom. The molecule has 0 aliphatic heterocycles. The predicted octanol–water partition coefficient (Wildman–Crippen LogP) is 0.869. The van der Waals surface area contributed by atoms with Crippen LogP contribution in [0.4, 0.5) is 0 Å². The van der Waals surface area contributed by atoms with Gasteiger partial charge in [-0.3, -0.25) is 9.78 Å². The zero-order valence-electron chi connectivity index (χ0n) is 7.53. The molecule has 70 valence electrons. The van der Waals surface area contributed by atoms with Gasteiger partial charge in [0.15, 0.2) is 0 Å². The Hall–Kier alpha value is -2.15. The summed E-state index contributed by atoms with van der Waals surface area (Å²) in [5, 5.41) is 11.2. The number of nitrogens with zero attached hydrogens (tertiary/aromatic N) is 2. The highest BCUT2D eigenvalue weighted by molar-refractivity contribution is 5.92. The highest BCUT2D eigenvalue weighted by Crippen LogP contribution is 1.99. The van der Waals surface area contributed by atoms with Gasteiger partial charge in [-0.1, -0.05) is 6.08 Å². The minimum atomic E-state index is -0.304. The van der Waals surface area contributed by atoms with Crippen LogP contribution in [-0.4, -0.2) is 17.4 Å². The highest BCUT2D eigenvalue weighted by atomic mass is 16.1. The third kappa shape index (κ3) is 2.42. The Balaban J connectivity index is 2.80. The van der Waals surface area contributed by atoms with E-state index in [1.54, 1.807) is 12.1 Å². The van der Waals surface area contributed by atoms with Gasteiger partial charge in [-0.15, -0.1) is 6.58 Å². The van der Waals surface area contributed by atoms with Crippen LogP contribution in [0.15, 0.2) is 31.0 Å². The molecule has 0 aliphatic rings. The molecule has 1 amide bonds. The van der Waals surface area contributed by atoms with E-state index in [1.807, 2.05) is 6.07 Å². The van der Waals surface area contributed by atoms with E-state index in [2.05, 4.69) is 16.9 Å². The van der Waals surface area contributed by atoms with Crippen molar-refractivity contribution in [3.63, 3.8) is 0 Å². The molecule has 1 rings (SSSR count). The first kappa shape index (κ1) is 9.93. The molecule has 0 aromatic carbocycles. The Kier molecular flexibility index (Phi) is 3.39. The number of hydrogen-bond donors (Lipinski definition) is 1. The second kappa shape index (κ2) is 4.77. The van der Waals surface area contributed by atoms with Crippen LogP contribution in [-0.2, 0) is 0 Å². The van der Waals surface area contributed by atoms with Crippen LogP contribution < -0.4 is 5.32 Å². The van der Waals surface area contributed by atoms with Crippen LogP contribution in [0.25, 0.3) is 0 Å². The predicted molar refractivity (Wildman–Crippen MR) is 51.5 cm³/mol. The van der Waals surface area contributed by atoms with Gasteiger partial charge >= 0.3 is 0 Å². The summed E-state index contributed by atoms with van der Waals surface area (Å²) in [6.07, 6.45) is 3.01. The van der Waals surface area contributed by atoms with Crippen LogP contribution in [0.2, 0.25) is 0 Å². The molecule has 0 bridgehead atoms. The molecular formula is C10H9N3O. The van der Waals surface area contributed by atoms with Crippen molar-refractivity contribution < 1.29 is 4.79 Å². The average molecular weight is 187 g/mol.